The van der Waals surface area contributed by atoms with Crippen LogP contribution in [0.5, 0.6) is 0 Å². The minimum Gasteiger partial charge on any atom is -0.480 e. The minimum atomic E-state index is -1.27. The number of carboxylic acids is 1. The maximum atomic E-state index is 12.4. The van der Waals surface area contributed by atoms with Gasteiger partial charge < -0.3 is 15.2 Å². The fraction of sp³-hybridized carbons (Fsp3) is 0.312. The maximum Gasteiger partial charge on any atom is 0.329 e. The summed E-state index contributed by atoms with van der Waals surface area (Å²) in [5.74, 6) is -1.49. The van der Waals surface area contributed by atoms with E-state index in [0.717, 1.165) is 5.69 Å². The summed E-state index contributed by atoms with van der Waals surface area (Å²) in [7, 11) is 0. The first-order valence-electron chi connectivity index (χ1n) is 7.34. The Hall–Kier alpha value is -2.67. The number of aliphatic carboxylic acids is 1. The number of rotatable bonds is 4. The second-order valence-electron chi connectivity index (χ2n) is 5.46. The van der Waals surface area contributed by atoms with Gasteiger partial charge in [0.05, 0.1) is 17.4 Å². The number of amides is 1. The topological polar surface area (TPSA) is 93.5 Å². The zero-order valence-electron chi connectivity index (χ0n) is 12.4. The highest BCUT2D eigenvalue weighted by atomic mass is 16.5. The van der Waals surface area contributed by atoms with E-state index in [-0.39, 0.29) is 12.8 Å². The lowest BCUT2D eigenvalue weighted by atomic mass is 9.90. The molecule has 1 aliphatic heterocycles. The van der Waals surface area contributed by atoms with Gasteiger partial charge in [-0.05, 0) is 12.1 Å². The van der Waals surface area contributed by atoms with Crippen molar-refractivity contribution < 1.29 is 19.4 Å². The minimum absolute atomic E-state index is 0.251. The molecular formula is C16H17N3O4. The fourth-order valence-corrected chi connectivity index (χ4v) is 2.56. The van der Waals surface area contributed by atoms with Gasteiger partial charge in [-0.3, -0.25) is 4.79 Å². The Balaban J connectivity index is 1.78. The van der Waals surface area contributed by atoms with Crippen molar-refractivity contribution in [3.8, 4) is 5.69 Å². The van der Waals surface area contributed by atoms with Crippen LogP contribution in [-0.2, 0) is 9.53 Å². The number of nitrogens with one attached hydrogen (secondary N) is 1. The normalized spacial score (nSPS) is 16.7. The Labute approximate surface area is 132 Å². The molecule has 1 aromatic carbocycles. The average Bonchev–Trinajstić information content (AvgIpc) is 3.06. The van der Waals surface area contributed by atoms with Crippen molar-refractivity contribution in [2.45, 2.75) is 18.4 Å². The molecule has 0 radical (unpaired) electrons. The number of nitrogens with zero attached hydrogens (tertiary/aromatic N) is 2. The first-order valence-corrected chi connectivity index (χ1v) is 7.34. The standard InChI is InChI=1S/C16H17N3O4/c20-14(18-16(15(21)22)6-8-23-9-7-16)12-10-17-19(11-12)13-4-2-1-3-5-13/h1-5,10-11H,6-9H2,(H,18,20)(H,21,22). The predicted octanol–water partition coefficient (Wildman–Crippen LogP) is 1.24. The van der Waals surface area contributed by atoms with Crippen LogP contribution < -0.4 is 5.32 Å². The van der Waals surface area contributed by atoms with Gasteiger partial charge in [-0.25, -0.2) is 9.48 Å². The summed E-state index contributed by atoms with van der Waals surface area (Å²) in [6.07, 6.45) is 3.51. The second-order valence-corrected chi connectivity index (χ2v) is 5.46. The Morgan fingerprint density at radius 1 is 1.22 bits per heavy atom. The summed E-state index contributed by atoms with van der Waals surface area (Å²) in [6, 6.07) is 9.37. The lowest BCUT2D eigenvalue weighted by Gasteiger charge is -2.33. The van der Waals surface area contributed by atoms with Crippen LogP contribution in [0.1, 0.15) is 23.2 Å². The third kappa shape index (κ3) is 3.09. The highest BCUT2D eigenvalue weighted by Gasteiger charge is 2.41. The molecule has 3 rings (SSSR count). The summed E-state index contributed by atoms with van der Waals surface area (Å²) in [4.78, 5) is 24.0. The van der Waals surface area contributed by atoms with Crippen molar-refractivity contribution in [1.29, 1.82) is 0 Å². The predicted molar refractivity (Wildman–Crippen MR) is 81.5 cm³/mol. The van der Waals surface area contributed by atoms with E-state index in [9.17, 15) is 14.7 Å². The Bertz CT molecular complexity index is 705. The summed E-state index contributed by atoms with van der Waals surface area (Å²) >= 11 is 0. The first-order chi connectivity index (χ1) is 11.1. The molecule has 1 amide bonds. The van der Waals surface area contributed by atoms with Crippen molar-refractivity contribution >= 4 is 11.9 Å². The zero-order chi connectivity index (χ0) is 16.3. The number of hydrogen-bond acceptors (Lipinski definition) is 4. The molecule has 7 nitrogen and oxygen atoms in total. The monoisotopic (exact) mass is 315 g/mol. The summed E-state index contributed by atoms with van der Waals surface area (Å²) in [5, 5.41) is 16.3. The molecule has 0 spiro atoms. The largest absolute Gasteiger partial charge is 0.480 e. The average molecular weight is 315 g/mol. The number of benzene rings is 1. The molecular weight excluding hydrogens is 298 g/mol. The van der Waals surface area contributed by atoms with E-state index < -0.39 is 17.4 Å². The molecule has 1 saturated heterocycles. The number of carbonyl (C=O) groups is 2. The van der Waals surface area contributed by atoms with Crippen molar-refractivity contribution in [2.75, 3.05) is 13.2 Å². The number of para-hydroxylation sites is 1. The quantitative estimate of drug-likeness (QED) is 0.885. The van der Waals surface area contributed by atoms with Crippen LogP contribution in [0.2, 0.25) is 0 Å². The van der Waals surface area contributed by atoms with Gasteiger partial charge in [0.15, 0.2) is 0 Å². The number of carbonyl (C=O) groups excluding carboxylic acids is 1. The third-order valence-corrected chi connectivity index (χ3v) is 3.97. The van der Waals surface area contributed by atoms with Crippen LogP contribution in [0.3, 0.4) is 0 Å². The molecule has 120 valence electrons. The van der Waals surface area contributed by atoms with Gasteiger partial charge in [-0.1, -0.05) is 18.2 Å². The van der Waals surface area contributed by atoms with Gasteiger partial charge in [0.1, 0.15) is 5.54 Å². The van der Waals surface area contributed by atoms with E-state index in [1.54, 1.807) is 10.9 Å². The van der Waals surface area contributed by atoms with Crippen LogP contribution in [0.15, 0.2) is 42.7 Å². The molecule has 0 unspecified atom stereocenters. The Morgan fingerprint density at radius 2 is 1.91 bits per heavy atom. The third-order valence-electron chi connectivity index (χ3n) is 3.97. The number of ether oxygens (including phenoxy) is 1. The summed E-state index contributed by atoms with van der Waals surface area (Å²) in [6.45, 7) is 0.631. The SMILES string of the molecule is O=C(NC1(C(=O)O)CCOCC1)c1cnn(-c2ccccc2)c1. The second kappa shape index (κ2) is 6.21. The van der Waals surface area contributed by atoms with Crippen molar-refractivity contribution in [1.82, 2.24) is 15.1 Å². The first kappa shape index (κ1) is 15.2. The van der Waals surface area contributed by atoms with E-state index in [4.69, 9.17) is 4.74 Å². The molecule has 0 aliphatic carbocycles. The lowest BCUT2D eigenvalue weighted by Crippen LogP contribution is -2.57. The van der Waals surface area contributed by atoms with E-state index in [2.05, 4.69) is 10.4 Å². The summed E-state index contributed by atoms with van der Waals surface area (Å²) in [5.41, 5.74) is -0.129. The van der Waals surface area contributed by atoms with Gasteiger partial charge in [0.25, 0.3) is 5.91 Å². The molecule has 1 aromatic heterocycles. The van der Waals surface area contributed by atoms with Gasteiger partial charge >= 0.3 is 5.97 Å². The molecule has 7 heteroatoms. The van der Waals surface area contributed by atoms with Crippen LogP contribution in [0.25, 0.3) is 5.69 Å². The number of carboxylic acid groups (broad SMARTS) is 1. The fourth-order valence-electron chi connectivity index (χ4n) is 2.56. The molecule has 0 atom stereocenters. The molecule has 1 aliphatic rings. The molecule has 1 fully saturated rings. The smallest absolute Gasteiger partial charge is 0.329 e. The number of aromatic nitrogens is 2. The van der Waals surface area contributed by atoms with E-state index in [1.165, 1.54) is 6.20 Å². The highest BCUT2D eigenvalue weighted by Crippen LogP contribution is 2.22. The molecule has 2 aromatic rings. The van der Waals surface area contributed by atoms with E-state index >= 15 is 0 Å². The van der Waals surface area contributed by atoms with Crippen LogP contribution in [0, 0.1) is 0 Å². The van der Waals surface area contributed by atoms with Crippen LogP contribution in [0.4, 0.5) is 0 Å². The Morgan fingerprint density at radius 3 is 2.57 bits per heavy atom. The molecule has 2 heterocycles. The zero-order valence-corrected chi connectivity index (χ0v) is 12.4. The van der Waals surface area contributed by atoms with E-state index in [1.807, 2.05) is 30.3 Å². The van der Waals surface area contributed by atoms with E-state index in [0.29, 0.717) is 18.8 Å². The van der Waals surface area contributed by atoms with Crippen molar-refractivity contribution in [3.05, 3.63) is 48.3 Å². The molecule has 0 saturated carbocycles. The Kier molecular flexibility index (Phi) is 4.12. The van der Waals surface area contributed by atoms with Gasteiger partial charge in [-0.15, -0.1) is 0 Å². The van der Waals surface area contributed by atoms with Gasteiger partial charge in [0.2, 0.25) is 0 Å². The molecule has 0 bridgehead atoms. The van der Waals surface area contributed by atoms with Gasteiger partial charge in [0, 0.05) is 32.3 Å². The number of hydrogen-bond donors (Lipinski definition) is 2. The summed E-state index contributed by atoms with van der Waals surface area (Å²) < 4.78 is 6.77. The highest BCUT2D eigenvalue weighted by molar-refractivity contribution is 5.97. The van der Waals surface area contributed by atoms with Crippen LogP contribution in [-0.4, -0.2) is 45.5 Å². The van der Waals surface area contributed by atoms with Crippen LogP contribution >= 0.6 is 0 Å². The molecule has 2 N–H and O–H groups in total. The van der Waals surface area contributed by atoms with Crippen molar-refractivity contribution in [2.24, 2.45) is 0 Å². The lowest BCUT2D eigenvalue weighted by molar-refractivity contribution is -0.148. The molecule has 23 heavy (non-hydrogen) atoms. The van der Waals surface area contributed by atoms with Crippen molar-refractivity contribution in [3.63, 3.8) is 0 Å². The maximum absolute atomic E-state index is 12.4. The van der Waals surface area contributed by atoms with Gasteiger partial charge in [-0.2, -0.15) is 5.10 Å².